The topological polar surface area (TPSA) is 74.2 Å². The fourth-order valence-electron chi connectivity index (χ4n) is 3.41. The number of anilines is 3. The highest BCUT2D eigenvalue weighted by atomic mass is 79.9. The highest BCUT2D eigenvalue weighted by Crippen LogP contribution is 2.22. The highest BCUT2D eigenvalue weighted by molar-refractivity contribution is 9.10. The molecule has 0 unspecified atom stereocenters. The molecular weight excluding hydrogens is 444 g/mol. The third kappa shape index (κ3) is 4.76. The Morgan fingerprint density at radius 2 is 1.73 bits per heavy atom. The zero-order chi connectivity index (χ0) is 21.1. The number of aryl methyl sites for hydroxylation is 2. The molecule has 8 heteroatoms. The van der Waals surface area contributed by atoms with Crippen LogP contribution in [0.1, 0.15) is 21.7 Å². The van der Waals surface area contributed by atoms with E-state index in [-0.39, 0.29) is 5.91 Å². The standard InChI is InChI=1S/C22H23BrN6O/c1-15-3-5-19(6-4-15)27-20-12-21(26-16(2)25-20)28-7-9-29(10-8-28)22(30)17-11-18(23)14-24-13-17/h3-6,11-14H,7-10H2,1-2H3,(H,25,26,27). The van der Waals surface area contributed by atoms with Crippen molar-refractivity contribution < 1.29 is 4.79 Å². The summed E-state index contributed by atoms with van der Waals surface area (Å²) in [7, 11) is 0. The van der Waals surface area contributed by atoms with E-state index in [1.54, 1.807) is 18.5 Å². The van der Waals surface area contributed by atoms with Crippen molar-refractivity contribution in [2.45, 2.75) is 13.8 Å². The van der Waals surface area contributed by atoms with Gasteiger partial charge in [0.1, 0.15) is 17.5 Å². The van der Waals surface area contributed by atoms with Crippen LogP contribution >= 0.6 is 15.9 Å². The van der Waals surface area contributed by atoms with Gasteiger partial charge in [-0.1, -0.05) is 17.7 Å². The van der Waals surface area contributed by atoms with Crippen LogP contribution in [0.25, 0.3) is 0 Å². The summed E-state index contributed by atoms with van der Waals surface area (Å²) in [6.45, 7) is 6.66. The Hall–Kier alpha value is -3.00. The molecule has 1 aliphatic rings. The maximum absolute atomic E-state index is 12.7. The van der Waals surface area contributed by atoms with Crippen molar-refractivity contribution in [3.05, 3.63) is 70.2 Å². The summed E-state index contributed by atoms with van der Waals surface area (Å²) in [5.74, 6) is 2.35. The van der Waals surface area contributed by atoms with E-state index in [2.05, 4.69) is 60.2 Å². The number of aromatic nitrogens is 3. The number of rotatable bonds is 4. The molecule has 1 aliphatic heterocycles. The summed E-state index contributed by atoms with van der Waals surface area (Å²) in [6.07, 6.45) is 3.28. The van der Waals surface area contributed by atoms with E-state index in [0.29, 0.717) is 37.6 Å². The molecule has 1 aromatic carbocycles. The molecule has 4 rings (SSSR count). The zero-order valence-corrected chi connectivity index (χ0v) is 18.6. The predicted molar refractivity (Wildman–Crippen MR) is 121 cm³/mol. The van der Waals surface area contributed by atoms with Gasteiger partial charge >= 0.3 is 0 Å². The molecule has 0 bridgehead atoms. The molecule has 0 radical (unpaired) electrons. The number of carbonyl (C=O) groups excluding carboxylic acids is 1. The van der Waals surface area contributed by atoms with Crippen molar-refractivity contribution in [1.29, 1.82) is 0 Å². The number of halogens is 1. The first-order valence-corrected chi connectivity index (χ1v) is 10.6. The second kappa shape index (κ2) is 8.79. The smallest absolute Gasteiger partial charge is 0.255 e. The fourth-order valence-corrected chi connectivity index (χ4v) is 3.78. The summed E-state index contributed by atoms with van der Waals surface area (Å²) in [5, 5.41) is 3.35. The van der Waals surface area contributed by atoms with Gasteiger partial charge in [0.2, 0.25) is 0 Å². The highest BCUT2D eigenvalue weighted by Gasteiger charge is 2.23. The van der Waals surface area contributed by atoms with Crippen molar-refractivity contribution in [2.75, 3.05) is 36.4 Å². The van der Waals surface area contributed by atoms with Crippen LogP contribution in [0.4, 0.5) is 17.3 Å². The van der Waals surface area contributed by atoms with Gasteiger partial charge in [-0.05, 0) is 48.0 Å². The molecule has 0 spiro atoms. The Bertz CT molecular complexity index is 1050. The third-order valence-corrected chi connectivity index (χ3v) is 5.42. The number of nitrogens with one attached hydrogen (secondary N) is 1. The molecule has 1 fully saturated rings. The fraction of sp³-hybridized carbons (Fsp3) is 0.273. The Kier molecular flexibility index (Phi) is 5.94. The summed E-state index contributed by atoms with van der Waals surface area (Å²) >= 11 is 3.37. The number of hydrogen-bond donors (Lipinski definition) is 1. The molecule has 0 aliphatic carbocycles. The van der Waals surface area contributed by atoms with Gasteiger partial charge < -0.3 is 15.1 Å². The Balaban J connectivity index is 1.43. The van der Waals surface area contributed by atoms with Crippen LogP contribution in [0.3, 0.4) is 0 Å². The lowest BCUT2D eigenvalue weighted by Crippen LogP contribution is -2.49. The first-order valence-electron chi connectivity index (χ1n) is 9.82. The van der Waals surface area contributed by atoms with Crippen LogP contribution in [-0.4, -0.2) is 51.9 Å². The summed E-state index contributed by atoms with van der Waals surface area (Å²) in [6, 6.07) is 12.0. The first kappa shape index (κ1) is 20.3. The summed E-state index contributed by atoms with van der Waals surface area (Å²) in [5.41, 5.74) is 2.80. The molecule has 0 atom stereocenters. The molecule has 3 heterocycles. The molecule has 0 saturated carbocycles. The molecule has 1 amide bonds. The van der Waals surface area contributed by atoms with E-state index in [9.17, 15) is 4.79 Å². The monoisotopic (exact) mass is 466 g/mol. The number of piperazine rings is 1. The Labute approximate surface area is 184 Å². The van der Waals surface area contributed by atoms with Crippen molar-refractivity contribution in [1.82, 2.24) is 19.9 Å². The second-order valence-corrected chi connectivity index (χ2v) is 8.24. The van der Waals surface area contributed by atoms with Crippen LogP contribution in [0.2, 0.25) is 0 Å². The molecule has 154 valence electrons. The average Bonchev–Trinajstić information content (AvgIpc) is 2.74. The number of nitrogens with zero attached hydrogens (tertiary/aromatic N) is 5. The van der Waals surface area contributed by atoms with Crippen LogP contribution in [0.15, 0.2) is 53.3 Å². The summed E-state index contributed by atoms with van der Waals surface area (Å²) in [4.78, 5) is 30.0. The largest absolute Gasteiger partial charge is 0.353 e. The normalized spacial score (nSPS) is 14.0. The van der Waals surface area contributed by atoms with E-state index < -0.39 is 0 Å². The van der Waals surface area contributed by atoms with Crippen molar-refractivity contribution in [3.63, 3.8) is 0 Å². The van der Waals surface area contributed by atoms with Gasteiger partial charge in [0.05, 0.1) is 5.56 Å². The number of carbonyl (C=O) groups is 1. The van der Waals surface area contributed by atoms with Gasteiger partial charge in [0.25, 0.3) is 5.91 Å². The molecule has 3 aromatic rings. The van der Waals surface area contributed by atoms with E-state index in [1.807, 2.05) is 30.0 Å². The molecule has 1 N–H and O–H groups in total. The minimum Gasteiger partial charge on any atom is -0.353 e. The lowest BCUT2D eigenvalue weighted by atomic mass is 10.2. The van der Waals surface area contributed by atoms with E-state index in [4.69, 9.17) is 0 Å². The second-order valence-electron chi connectivity index (χ2n) is 7.32. The minimum atomic E-state index is 0.00375. The molecular formula is C22H23BrN6O. The lowest BCUT2D eigenvalue weighted by Gasteiger charge is -2.35. The van der Waals surface area contributed by atoms with E-state index >= 15 is 0 Å². The first-order chi connectivity index (χ1) is 14.5. The van der Waals surface area contributed by atoms with Gasteiger partial charge in [-0.15, -0.1) is 0 Å². The van der Waals surface area contributed by atoms with Crippen LogP contribution < -0.4 is 10.2 Å². The Morgan fingerprint density at radius 1 is 1.00 bits per heavy atom. The van der Waals surface area contributed by atoms with Gasteiger partial charge in [0, 0.05) is 54.8 Å². The van der Waals surface area contributed by atoms with Crippen molar-refractivity contribution >= 4 is 39.2 Å². The maximum atomic E-state index is 12.7. The molecule has 30 heavy (non-hydrogen) atoms. The van der Waals surface area contributed by atoms with Gasteiger partial charge in [0.15, 0.2) is 0 Å². The quantitative estimate of drug-likeness (QED) is 0.627. The zero-order valence-electron chi connectivity index (χ0n) is 17.0. The SMILES string of the molecule is Cc1ccc(Nc2cc(N3CCN(C(=O)c4cncc(Br)c4)CC3)nc(C)n2)cc1. The number of pyridine rings is 1. The number of amides is 1. The van der Waals surface area contributed by atoms with Gasteiger partial charge in [-0.2, -0.15) is 0 Å². The van der Waals surface area contributed by atoms with E-state index in [1.165, 1.54) is 5.56 Å². The van der Waals surface area contributed by atoms with E-state index in [0.717, 1.165) is 21.8 Å². The van der Waals surface area contributed by atoms with Crippen LogP contribution in [0, 0.1) is 13.8 Å². The molecule has 7 nitrogen and oxygen atoms in total. The van der Waals surface area contributed by atoms with Gasteiger partial charge in [-0.3, -0.25) is 9.78 Å². The van der Waals surface area contributed by atoms with Crippen molar-refractivity contribution in [3.8, 4) is 0 Å². The van der Waals surface area contributed by atoms with Crippen LogP contribution in [0.5, 0.6) is 0 Å². The molecule has 1 saturated heterocycles. The summed E-state index contributed by atoms with van der Waals surface area (Å²) < 4.78 is 0.803. The predicted octanol–water partition coefficient (Wildman–Crippen LogP) is 3.96. The third-order valence-electron chi connectivity index (χ3n) is 4.99. The maximum Gasteiger partial charge on any atom is 0.255 e. The average molecular weight is 467 g/mol. The molecule has 2 aromatic heterocycles. The van der Waals surface area contributed by atoms with Gasteiger partial charge in [-0.25, -0.2) is 9.97 Å². The van der Waals surface area contributed by atoms with Crippen LogP contribution in [-0.2, 0) is 0 Å². The minimum absolute atomic E-state index is 0.00375. The number of benzene rings is 1. The Morgan fingerprint density at radius 3 is 2.43 bits per heavy atom. The van der Waals surface area contributed by atoms with Crippen molar-refractivity contribution in [2.24, 2.45) is 0 Å². The number of hydrogen-bond acceptors (Lipinski definition) is 6. The lowest BCUT2D eigenvalue weighted by molar-refractivity contribution is 0.0746.